The van der Waals surface area contributed by atoms with Gasteiger partial charge in [-0.2, -0.15) is 0 Å². The van der Waals surface area contributed by atoms with Gasteiger partial charge in [0.2, 0.25) is 0 Å². The van der Waals surface area contributed by atoms with E-state index in [2.05, 4.69) is 4.98 Å². The highest BCUT2D eigenvalue weighted by molar-refractivity contribution is 5.70. The van der Waals surface area contributed by atoms with Crippen LogP contribution in [0.3, 0.4) is 0 Å². The van der Waals surface area contributed by atoms with Crippen molar-refractivity contribution in [3.63, 3.8) is 0 Å². The van der Waals surface area contributed by atoms with Gasteiger partial charge < -0.3 is 15.2 Å². The van der Waals surface area contributed by atoms with Crippen molar-refractivity contribution in [3.8, 4) is 0 Å². The Morgan fingerprint density at radius 2 is 2.36 bits per heavy atom. The summed E-state index contributed by atoms with van der Waals surface area (Å²) in [5.74, 6) is -1.25. The lowest BCUT2D eigenvalue weighted by atomic mass is 10.1. The Morgan fingerprint density at radius 1 is 1.71 bits per heavy atom. The maximum Gasteiger partial charge on any atom is 0.363 e. The van der Waals surface area contributed by atoms with E-state index in [1.165, 1.54) is 12.3 Å². The molecule has 1 heterocycles. The molecule has 0 unspecified atom stereocenters. The highest BCUT2D eigenvalue weighted by atomic mass is 16.6. The lowest BCUT2D eigenvalue weighted by Crippen LogP contribution is -2.03. The van der Waals surface area contributed by atoms with Crippen LogP contribution in [0, 0.1) is 17.0 Å². The fourth-order valence-corrected chi connectivity index (χ4v) is 1.02. The van der Waals surface area contributed by atoms with E-state index in [0.717, 1.165) is 0 Å². The third-order valence-corrected chi connectivity index (χ3v) is 1.73. The summed E-state index contributed by atoms with van der Waals surface area (Å²) in [7, 11) is 0. The van der Waals surface area contributed by atoms with Gasteiger partial charge >= 0.3 is 11.8 Å². The molecule has 0 saturated carbocycles. The lowest BCUT2D eigenvalue weighted by Gasteiger charge is -1.99. The molecule has 1 aromatic heterocycles. The molecule has 1 N–H and O–H groups in total. The molecular formula is C8H8N2O4. The minimum Gasteiger partial charge on any atom is -0.481 e. The molecule has 74 valence electrons. The highest BCUT2D eigenvalue weighted by Crippen LogP contribution is 2.13. The van der Waals surface area contributed by atoms with Crippen molar-refractivity contribution in [1.82, 2.24) is 4.98 Å². The second kappa shape index (κ2) is 3.82. The summed E-state index contributed by atoms with van der Waals surface area (Å²) in [5, 5.41) is 18.8. The maximum atomic E-state index is 10.4. The number of hydrogen-bond acceptors (Lipinski definition) is 4. The zero-order valence-electron chi connectivity index (χ0n) is 7.43. The van der Waals surface area contributed by atoms with Crippen molar-refractivity contribution in [2.45, 2.75) is 13.3 Å². The molecule has 0 atom stereocenters. The first-order chi connectivity index (χ1) is 6.50. The van der Waals surface area contributed by atoms with E-state index in [1.54, 1.807) is 6.92 Å². The van der Waals surface area contributed by atoms with Crippen LogP contribution in [0.15, 0.2) is 12.3 Å². The number of pyridine rings is 1. The standard InChI is InChI=1S/C8H8N2O4/c1-5-2-7(10(13)14)9-4-6(5)3-8(11)12/h2,4H,3H2,1H3,(H,11,12). The van der Waals surface area contributed by atoms with Crippen molar-refractivity contribution in [2.75, 3.05) is 0 Å². The van der Waals surface area contributed by atoms with Crippen LogP contribution in [0.1, 0.15) is 11.1 Å². The summed E-state index contributed by atoms with van der Waals surface area (Å²) < 4.78 is 0. The molecule has 0 amide bonds. The molecule has 0 radical (unpaired) electrons. The van der Waals surface area contributed by atoms with Crippen molar-refractivity contribution in [3.05, 3.63) is 33.5 Å². The van der Waals surface area contributed by atoms with Crippen LogP contribution in [-0.2, 0) is 11.2 Å². The molecule has 1 aromatic rings. The molecule has 6 nitrogen and oxygen atoms in total. The van der Waals surface area contributed by atoms with Crippen molar-refractivity contribution >= 4 is 11.8 Å². The Balaban J connectivity index is 3.01. The van der Waals surface area contributed by atoms with Crippen LogP contribution in [0.4, 0.5) is 5.82 Å². The average Bonchev–Trinajstić information content (AvgIpc) is 2.07. The quantitative estimate of drug-likeness (QED) is 0.573. The maximum absolute atomic E-state index is 10.4. The number of aromatic nitrogens is 1. The minimum atomic E-state index is -0.983. The predicted octanol–water partition coefficient (Wildman–Crippen LogP) is 0.925. The minimum absolute atomic E-state index is 0.170. The number of aryl methyl sites for hydroxylation is 1. The van der Waals surface area contributed by atoms with Crippen LogP contribution >= 0.6 is 0 Å². The molecule has 0 spiro atoms. The molecule has 0 aliphatic rings. The number of carboxylic acid groups (broad SMARTS) is 1. The Kier molecular flexibility index (Phi) is 2.76. The Hall–Kier alpha value is -1.98. The van der Waals surface area contributed by atoms with Gasteiger partial charge in [0.15, 0.2) is 0 Å². The number of carbonyl (C=O) groups is 1. The fourth-order valence-electron chi connectivity index (χ4n) is 1.02. The lowest BCUT2D eigenvalue weighted by molar-refractivity contribution is -0.389. The third-order valence-electron chi connectivity index (χ3n) is 1.73. The summed E-state index contributed by atoms with van der Waals surface area (Å²) in [5.41, 5.74) is 1.05. The topological polar surface area (TPSA) is 93.3 Å². The average molecular weight is 196 g/mol. The second-order valence-electron chi connectivity index (χ2n) is 2.80. The smallest absolute Gasteiger partial charge is 0.363 e. The van der Waals surface area contributed by atoms with Gasteiger partial charge in [-0.25, -0.2) is 0 Å². The zero-order chi connectivity index (χ0) is 10.7. The number of carboxylic acids is 1. The van der Waals surface area contributed by atoms with Crippen LogP contribution in [0.5, 0.6) is 0 Å². The molecule has 6 heteroatoms. The number of nitro groups is 1. The van der Waals surface area contributed by atoms with E-state index in [-0.39, 0.29) is 12.2 Å². The van der Waals surface area contributed by atoms with E-state index >= 15 is 0 Å². The van der Waals surface area contributed by atoms with Crippen LogP contribution in [0.25, 0.3) is 0 Å². The number of nitrogens with zero attached hydrogens (tertiary/aromatic N) is 2. The summed E-state index contributed by atoms with van der Waals surface area (Å²) in [6, 6.07) is 1.26. The van der Waals surface area contributed by atoms with Gasteiger partial charge in [-0.1, -0.05) is 0 Å². The van der Waals surface area contributed by atoms with Crippen molar-refractivity contribution in [2.24, 2.45) is 0 Å². The number of rotatable bonds is 3. The first kappa shape index (κ1) is 10.1. The molecular weight excluding hydrogens is 188 g/mol. The van der Waals surface area contributed by atoms with E-state index in [4.69, 9.17) is 5.11 Å². The molecule has 0 aromatic carbocycles. The molecule has 0 bridgehead atoms. The van der Waals surface area contributed by atoms with E-state index < -0.39 is 10.9 Å². The van der Waals surface area contributed by atoms with Gasteiger partial charge in [-0.3, -0.25) is 4.79 Å². The summed E-state index contributed by atoms with van der Waals surface area (Å²) in [4.78, 5) is 23.6. The highest BCUT2D eigenvalue weighted by Gasteiger charge is 2.12. The van der Waals surface area contributed by atoms with Gasteiger partial charge in [0.25, 0.3) is 0 Å². The van der Waals surface area contributed by atoms with Gasteiger partial charge in [0, 0.05) is 11.6 Å². The van der Waals surface area contributed by atoms with E-state index in [0.29, 0.717) is 11.1 Å². The zero-order valence-corrected chi connectivity index (χ0v) is 7.43. The van der Waals surface area contributed by atoms with E-state index in [9.17, 15) is 14.9 Å². The first-order valence-electron chi connectivity index (χ1n) is 3.82. The Labute approximate surface area is 79.4 Å². The molecule has 14 heavy (non-hydrogen) atoms. The van der Waals surface area contributed by atoms with Gasteiger partial charge in [0.05, 0.1) is 6.42 Å². The molecule has 0 aliphatic carbocycles. The predicted molar refractivity (Wildman–Crippen MR) is 47.0 cm³/mol. The number of hydrogen-bond donors (Lipinski definition) is 1. The fraction of sp³-hybridized carbons (Fsp3) is 0.250. The first-order valence-corrected chi connectivity index (χ1v) is 3.82. The Bertz CT molecular complexity index is 389. The molecule has 0 saturated heterocycles. The SMILES string of the molecule is Cc1cc([N+](=O)[O-])ncc1CC(=O)O. The molecule has 0 fully saturated rings. The molecule has 1 rings (SSSR count). The van der Waals surface area contributed by atoms with Crippen LogP contribution in [-0.4, -0.2) is 21.0 Å². The van der Waals surface area contributed by atoms with Crippen LogP contribution in [0.2, 0.25) is 0 Å². The van der Waals surface area contributed by atoms with Gasteiger partial charge in [-0.15, -0.1) is 0 Å². The van der Waals surface area contributed by atoms with E-state index in [1.807, 2.05) is 0 Å². The number of aliphatic carboxylic acids is 1. The normalized spacial score (nSPS) is 9.79. The van der Waals surface area contributed by atoms with Crippen molar-refractivity contribution in [1.29, 1.82) is 0 Å². The van der Waals surface area contributed by atoms with Crippen LogP contribution < -0.4 is 0 Å². The summed E-state index contributed by atoms with van der Waals surface area (Å²) in [6.45, 7) is 1.62. The largest absolute Gasteiger partial charge is 0.481 e. The van der Waals surface area contributed by atoms with Crippen molar-refractivity contribution < 1.29 is 14.8 Å². The second-order valence-corrected chi connectivity index (χ2v) is 2.80. The summed E-state index contributed by atoms with van der Waals surface area (Å²) >= 11 is 0. The van der Waals surface area contributed by atoms with Gasteiger partial charge in [-0.05, 0) is 22.4 Å². The van der Waals surface area contributed by atoms with Gasteiger partial charge in [0.1, 0.15) is 6.20 Å². The third kappa shape index (κ3) is 2.25. The Morgan fingerprint density at radius 3 is 2.79 bits per heavy atom. The monoisotopic (exact) mass is 196 g/mol. The summed E-state index contributed by atoms with van der Waals surface area (Å²) in [6.07, 6.45) is 1.05. The molecule has 0 aliphatic heterocycles.